The molecule has 0 aliphatic heterocycles. The standard InChI is InChI=1S/C15H10ClN3O3S/c16-9-2-1-3-10(6-9)23-13-4-5-22-14(13)11(20)7-12(21)15-17-8-18-19-15/h1-8,21H,(H,17,18,19). The van der Waals surface area contributed by atoms with Crippen LogP contribution in [0.1, 0.15) is 16.4 Å². The molecule has 0 aliphatic rings. The Morgan fingerprint density at radius 3 is 3.00 bits per heavy atom. The first-order valence-corrected chi connectivity index (χ1v) is 7.64. The lowest BCUT2D eigenvalue weighted by atomic mass is 10.2. The van der Waals surface area contributed by atoms with Crippen molar-refractivity contribution in [2.45, 2.75) is 9.79 Å². The Kier molecular flexibility index (Phi) is 4.50. The molecule has 2 heterocycles. The molecule has 2 aromatic heterocycles. The van der Waals surface area contributed by atoms with Gasteiger partial charge in [0.2, 0.25) is 5.78 Å². The van der Waals surface area contributed by atoms with Crippen LogP contribution in [0.3, 0.4) is 0 Å². The van der Waals surface area contributed by atoms with E-state index in [9.17, 15) is 9.90 Å². The van der Waals surface area contributed by atoms with E-state index < -0.39 is 5.78 Å². The highest BCUT2D eigenvalue weighted by molar-refractivity contribution is 7.99. The van der Waals surface area contributed by atoms with Gasteiger partial charge in [-0.05, 0) is 24.3 Å². The van der Waals surface area contributed by atoms with Crippen molar-refractivity contribution in [2.24, 2.45) is 0 Å². The fourth-order valence-corrected chi connectivity index (χ4v) is 3.01. The number of aromatic nitrogens is 3. The lowest BCUT2D eigenvalue weighted by Gasteiger charge is -2.01. The van der Waals surface area contributed by atoms with E-state index in [2.05, 4.69) is 15.2 Å². The number of carbonyl (C=O) groups is 1. The van der Waals surface area contributed by atoms with Crippen LogP contribution < -0.4 is 0 Å². The molecule has 0 spiro atoms. The van der Waals surface area contributed by atoms with Gasteiger partial charge >= 0.3 is 0 Å². The van der Waals surface area contributed by atoms with Crippen LogP contribution in [0.25, 0.3) is 5.76 Å². The summed E-state index contributed by atoms with van der Waals surface area (Å²) >= 11 is 7.29. The summed E-state index contributed by atoms with van der Waals surface area (Å²) in [5.41, 5.74) is 0. The number of rotatable bonds is 5. The van der Waals surface area contributed by atoms with Gasteiger partial charge < -0.3 is 9.52 Å². The summed E-state index contributed by atoms with van der Waals surface area (Å²) in [7, 11) is 0. The zero-order valence-electron chi connectivity index (χ0n) is 11.6. The zero-order chi connectivity index (χ0) is 16.2. The quantitative estimate of drug-likeness (QED) is 0.412. The number of halogens is 1. The number of ketones is 1. The van der Waals surface area contributed by atoms with Crippen molar-refractivity contribution < 1.29 is 14.3 Å². The largest absolute Gasteiger partial charge is 0.504 e. The number of aliphatic hydroxyl groups excluding tert-OH is 1. The minimum atomic E-state index is -0.478. The average Bonchev–Trinajstić information content (AvgIpc) is 3.18. The zero-order valence-corrected chi connectivity index (χ0v) is 13.1. The molecule has 6 nitrogen and oxygen atoms in total. The van der Waals surface area contributed by atoms with E-state index in [1.165, 1.54) is 24.4 Å². The smallest absolute Gasteiger partial charge is 0.226 e. The topological polar surface area (TPSA) is 92.0 Å². The average molecular weight is 348 g/mol. The van der Waals surface area contributed by atoms with Gasteiger partial charge in [-0.15, -0.1) is 0 Å². The number of furan rings is 1. The summed E-state index contributed by atoms with van der Waals surface area (Å²) in [4.78, 5) is 17.5. The van der Waals surface area contributed by atoms with Gasteiger partial charge in [0, 0.05) is 16.0 Å². The number of aromatic amines is 1. The number of aliphatic hydroxyl groups is 1. The number of benzene rings is 1. The van der Waals surface area contributed by atoms with Crippen LogP contribution in [0.2, 0.25) is 5.02 Å². The van der Waals surface area contributed by atoms with E-state index in [-0.39, 0.29) is 17.3 Å². The third-order valence-corrected chi connectivity index (χ3v) is 4.07. The van der Waals surface area contributed by atoms with Gasteiger partial charge in [0.15, 0.2) is 17.3 Å². The van der Waals surface area contributed by atoms with Crippen LogP contribution in [0, 0.1) is 0 Å². The molecule has 0 amide bonds. The predicted molar refractivity (Wildman–Crippen MR) is 85.6 cm³/mol. The number of nitrogens with zero attached hydrogens (tertiary/aromatic N) is 2. The molecule has 3 rings (SSSR count). The first kappa shape index (κ1) is 15.4. The minimum absolute atomic E-state index is 0.106. The first-order valence-electron chi connectivity index (χ1n) is 6.45. The molecule has 0 fully saturated rings. The molecule has 23 heavy (non-hydrogen) atoms. The molecule has 1 aromatic carbocycles. The van der Waals surface area contributed by atoms with Crippen molar-refractivity contribution in [3.63, 3.8) is 0 Å². The van der Waals surface area contributed by atoms with Crippen molar-refractivity contribution >= 4 is 34.9 Å². The van der Waals surface area contributed by atoms with Crippen LogP contribution in [-0.2, 0) is 0 Å². The Hall–Kier alpha value is -2.51. The maximum atomic E-state index is 12.3. The highest BCUT2D eigenvalue weighted by atomic mass is 35.5. The Bertz CT molecular complexity index is 858. The predicted octanol–water partition coefficient (Wildman–Crippen LogP) is 3.98. The second-order valence-electron chi connectivity index (χ2n) is 4.40. The highest BCUT2D eigenvalue weighted by Gasteiger charge is 2.16. The Morgan fingerprint density at radius 2 is 2.26 bits per heavy atom. The molecule has 8 heteroatoms. The molecule has 3 aromatic rings. The minimum Gasteiger partial charge on any atom is -0.504 e. The molecular formula is C15H10ClN3O3S. The molecule has 2 N–H and O–H groups in total. The molecule has 0 bridgehead atoms. The molecule has 0 radical (unpaired) electrons. The van der Waals surface area contributed by atoms with Crippen LogP contribution in [-0.4, -0.2) is 26.1 Å². The Balaban J connectivity index is 1.83. The maximum absolute atomic E-state index is 12.3. The van der Waals surface area contributed by atoms with Gasteiger partial charge in [-0.25, -0.2) is 4.98 Å². The summed E-state index contributed by atoms with van der Waals surface area (Å²) in [5, 5.41) is 16.5. The monoisotopic (exact) mass is 347 g/mol. The van der Waals surface area contributed by atoms with E-state index in [0.29, 0.717) is 9.92 Å². The summed E-state index contributed by atoms with van der Waals surface area (Å²) in [6.07, 6.45) is 3.68. The summed E-state index contributed by atoms with van der Waals surface area (Å²) in [5.74, 6) is -0.564. The van der Waals surface area contributed by atoms with E-state index in [1.54, 1.807) is 18.2 Å². The molecule has 0 aliphatic carbocycles. The fraction of sp³-hybridized carbons (Fsp3) is 0. The number of nitrogens with one attached hydrogen (secondary N) is 1. The SMILES string of the molecule is O=C(C=C(O)c1ncn[nH]1)c1occc1Sc1cccc(Cl)c1. The van der Waals surface area contributed by atoms with Crippen molar-refractivity contribution in [1.82, 2.24) is 15.2 Å². The summed E-state index contributed by atoms with van der Waals surface area (Å²) in [6, 6.07) is 8.93. The molecule has 0 saturated carbocycles. The summed E-state index contributed by atoms with van der Waals surface area (Å²) in [6.45, 7) is 0. The van der Waals surface area contributed by atoms with E-state index in [4.69, 9.17) is 16.0 Å². The van der Waals surface area contributed by atoms with Crippen LogP contribution in [0.15, 0.2) is 63.2 Å². The lowest BCUT2D eigenvalue weighted by molar-refractivity contribution is 0.101. The van der Waals surface area contributed by atoms with E-state index in [0.717, 1.165) is 11.0 Å². The molecule has 116 valence electrons. The molecule has 0 atom stereocenters. The highest BCUT2D eigenvalue weighted by Crippen LogP contribution is 2.33. The van der Waals surface area contributed by atoms with Crippen LogP contribution in [0.5, 0.6) is 0 Å². The second-order valence-corrected chi connectivity index (χ2v) is 5.95. The lowest BCUT2D eigenvalue weighted by Crippen LogP contribution is -1.97. The van der Waals surface area contributed by atoms with Gasteiger partial charge in [-0.3, -0.25) is 9.89 Å². The normalized spacial score (nSPS) is 11.6. The molecular weight excluding hydrogens is 338 g/mol. The van der Waals surface area contributed by atoms with Gasteiger partial charge in [0.05, 0.1) is 11.2 Å². The number of carbonyl (C=O) groups excluding carboxylic acids is 1. The Labute approximate surface area is 140 Å². The third-order valence-electron chi connectivity index (χ3n) is 2.80. The molecule has 0 saturated heterocycles. The summed E-state index contributed by atoms with van der Waals surface area (Å²) < 4.78 is 5.24. The second kappa shape index (κ2) is 6.72. The van der Waals surface area contributed by atoms with Gasteiger partial charge in [0.1, 0.15) is 6.33 Å². The van der Waals surface area contributed by atoms with E-state index in [1.807, 2.05) is 12.1 Å². The Morgan fingerprint density at radius 1 is 1.39 bits per heavy atom. The van der Waals surface area contributed by atoms with Crippen molar-refractivity contribution in [2.75, 3.05) is 0 Å². The van der Waals surface area contributed by atoms with Crippen molar-refractivity contribution in [3.8, 4) is 0 Å². The van der Waals surface area contributed by atoms with Gasteiger partial charge in [0.25, 0.3) is 0 Å². The first-order chi connectivity index (χ1) is 11.1. The number of H-pyrrole nitrogens is 1. The molecule has 0 unspecified atom stereocenters. The van der Waals surface area contributed by atoms with Gasteiger partial charge in [-0.2, -0.15) is 5.10 Å². The van der Waals surface area contributed by atoms with Crippen molar-refractivity contribution in [1.29, 1.82) is 0 Å². The maximum Gasteiger partial charge on any atom is 0.226 e. The van der Waals surface area contributed by atoms with Gasteiger partial charge in [-0.1, -0.05) is 29.4 Å². The van der Waals surface area contributed by atoms with E-state index >= 15 is 0 Å². The van der Waals surface area contributed by atoms with Crippen LogP contribution >= 0.6 is 23.4 Å². The fourth-order valence-electron chi connectivity index (χ4n) is 1.80. The third kappa shape index (κ3) is 3.64. The van der Waals surface area contributed by atoms with Crippen LogP contribution in [0.4, 0.5) is 0 Å². The number of allylic oxidation sites excluding steroid dienone is 1. The number of hydrogen-bond donors (Lipinski definition) is 2. The number of hydrogen-bond acceptors (Lipinski definition) is 6. The van der Waals surface area contributed by atoms with Crippen molar-refractivity contribution in [3.05, 3.63) is 65.6 Å².